The van der Waals surface area contributed by atoms with Crippen LogP contribution in [0.1, 0.15) is 37.3 Å². The van der Waals surface area contributed by atoms with Crippen LogP contribution in [0.3, 0.4) is 0 Å². The van der Waals surface area contributed by atoms with E-state index in [0.717, 1.165) is 26.5 Å². The van der Waals surface area contributed by atoms with Crippen LogP contribution in [0.25, 0.3) is 10.8 Å². The molecule has 0 saturated carbocycles. The first kappa shape index (κ1) is 14.2. The lowest BCUT2D eigenvalue weighted by Gasteiger charge is -2.18. The third-order valence-electron chi connectivity index (χ3n) is 3.53. The molecule has 2 aromatic heterocycles. The van der Waals surface area contributed by atoms with Gasteiger partial charge in [-0.15, -0.1) is 0 Å². The Balaban J connectivity index is 2.17. The quantitative estimate of drug-likeness (QED) is 0.784. The number of aliphatic hydroxyl groups is 1. The van der Waals surface area contributed by atoms with E-state index in [1.807, 2.05) is 42.8 Å². The van der Waals surface area contributed by atoms with Crippen LogP contribution in [0.2, 0.25) is 0 Å². The van der Waals surface area contributed by atoms with Gasteiger partial charge in [0.1, 0.15) is 6.10 Å². The molecular weight excluding hydrogens is 330 g/mol. The Hall–Kier alpha value is -1.72. The molecule has 108 valence electrons. The van der Waals surface area contributed by atoms with E-state index in [9.17, 15) is 5.11 Å². The Bertz CT molecular complexity index is 777. The molecule has 0 radical (unpaired) electrons. The maximum atomic E-state index is 10.9. The third kappa shape index (κ3) is 2.47. The summed E-state index contributed by atoms with van der Waals surface area (Å²) < 4.78 is 2.63. The maximum absolute atomic E-state index is 10.9. The molecule has 1 aromatic carbocycles. The van der Waals surface area contributed by atoms with Crippen LogP contribution >= 0.6 is 15.9 Å². The normalized spacial score (nSPS) is 13.0. The Morgan fingerprint density at radius 1 is 1.14 bits per heavy atom. The molecule has 2 heterocycles. The van der Waals surface area contributed by atoms with Crippen molar-refractivity contribution < 1.29 is 5.11 Å². The summed E-state index contributed by atoms with van der Waals surface area (Å²) in [6.07, 6.45) is 4.47. The van der Waals surface area contributed by atoms with Gasteiger partial charge in [-0.2, -0.15) is 5.10 Å². The smallest absolute Gasteiger partial charge is 0.124 e. The molecule has 4 nitrogen and oxygen atoms in total. The Morgan fingerprint density at radius 2 is 1.90 bits per heavy atom. The fraction of sp³-hybridized carbons (Fsp3) is 0.250. The zero-order valence-electron chi connectivity index (χ0n) is 11.9. The molecule has 0 fully saturated rings. The second-order valence-corrected chi connectivity index (χ2v) is 6.12. The van der Waals surface area contributed by atoms with Crippen molar-refractivity contribution in [1.82, 2.24) is 14.8 Å². The van der Waals surface area contributed by atoms with Crippen molar-refractivity contribution in [2.45, 2.75) is 26.0 Å². The highest BCUT2D eigenvalue weighted by Gasteiger charge is 2.22. The number of hydrogen-bond donors (Lipinski definition) is 1. The molecule has 3 rings (SSSR count). The summed E-state index contributed by atoms with van der Waals surface area (Å²) in [5.41, 5.74) is 1.54. The van der Waals surface area contributed by atoms with Crippen molar-refractivity contribution in [1.29, 1.82) is 0 Å². The topological polar surface area (TPSA) is 50.9 Å². The van der Waals surface area contributed by atoms with Crippen molar-refractivity contribution in [3.8, 4) is 0 Å². The van der Waals surface area contributed by atoms with E-state index >= 15 is 0 Å². The number of pyridine rings is 1. The van der Waals surface area contributed by atoms with Gasteiger partial charge in [0.2, 0.25) is 0 Å². The van der Waals surface area contributed by atoms with Crippen molar-refractivity contribution in [3.63, 3.8) is 0 Å². The van der Waals surface area contributed by atoms with Gasteiger partial charge in [0.05, 0.1) is 16.4 Å². The van der Waals surface area contributed by atoms with Gasteiger partial charge in [0.25, 0.3) is 0 Å². The number of fused-ring (bicyclic) bond motifs is 1. The predicted molar refractivity (Wildman–Crippen MR) is 86.1 cm³/mol. The van der Waals surface area contributed by atoms with Crippen LogP contribution in [-0.4, -0.2) is 19.9 Å². The van der Waals surface area contributed by atoms with E-state index in [4.69, 9.17) is 0 Å². The van der Waals surface area contributed by atoms with Gasteiger partial charge in [-0.1, -0.05) is 24.3 Å². The summed E-state index contributed by atoms with van der Waals surface area (Å²) in [5.74, 6) is 0. The molecule has 1 atom stereocenters. The van der Waals surface area contributed by atoms with Crippen molar-refractivity contribution in [2.75, 3.05) is 0 Å². The first-order valence-corrected chi connectivity index (χ1v) is 7.62. The Morgan fingerprint density at radius 3 is 2.67 bits per heavy atom. The van der Waals surface area contributed by atoms with Crippen molar-refractivity contribution in [3.05, 3.63) is 58.6 Å². The zero-order valence-corrected chi connectivity index (χ0v) is 13.4. The van der Waals surface area contributed by atoms with Gasteiger partial charge < -0.3 is 5.11 Å². The number of halogens is 1. The van der Waals surface area contributed by atoms with Crippen molar-refractivity contribution >= 4 is 26.7 Å². The fourth-order valence-electron chi connectivity index (χ4n) is 2.52. The fourth-order valence-corrected chi connectivity index (χ4v) is 3.01. The third-order valence-corrected chi connectivity index (χ3v) is 4.14. The van der Waals surface area contributed by atoms with Crippen LogP contribution in [-0.2, 0) is 0 Å². The lowest BCUT2D eigenvalue weighted by atomic mass is 10.0. The molecule has 5 heteroatoms. The molecule has 3 aromatic rings. The van der Waals surface area contributed by atoms with Gasteiger partial charge in [-0.05, 0) is 35.2 Å². The van der Waals surface area contributed by atoms with E-state index in [1.54, 1.807) is 18.6 Å². The molecule has 0 amide bonds. The molecule has 0 bridgehead atoms. The van der Waals surface area contributed by atoms with Gasteiger partial charge >= 0.3 is 0 Å². The highest BCUT2D eigenvalue weighted by atomic mass is 79.9. The molecule has 0 aliphatic carbocycles. The summed E-state index contributed by atoms with van der Waals surface area (Å²) in [5, 5.41) is 17.2. The molecule has 0 spiro atoms. The number of aromatic nitrogens is 3. The molecule has 0 aliphatic heterocycles. The summed E-state index contributed by atoms with van der Waals surface area (Å²) >= 11 is 3.48. The van der Waals surface area contributed by atoms with E-state index in [-0.39, 0.29) is 6.04 Å². The van der Waals surface area contributed by atoms with Crippen LogP contribution < -0.4 is 0 Å². The number of aliphatic hydroxyl groups excluding tert-OH is 1. The van der Waals surface area contributed by atoms with E-state index in [2.05, 4.69) is 26.0 Å². The lowest BCUT2D eigenvalue weighted by molar-refractivity contribution is 0.205. The molecule has 21 heavy (non-hydrogen) atoms. The minimum absolute atomic E-state index is 0.170. The van der Waals surface area contributed by atoms with Gasteiger partial charge in [-0.3, -0.25) is 9.67 Å². The minimum atomic E-state index is -0.775. The summed E-state index contributed by atoms with van der Waals surface area (Å²) in [6.45, 7) is 4.08. The number of hydrogen-bond acceptors (Lipinski definition) is 3. The first-order chi connectivity index (χ1) is 10.1. The van der Waals surface area contributed by atoms with Crippen LogP contribution in [0.5, 0.6) is 0 Å². The van der Waals surface area contributed by atoms with Gasteiger partial charge in [0.15, 0.2) is 0 Å². The van der Waals surface area contributed by atoms with Gasteiger partial charge in [-0.25, -0.2) is 0 Å². The monoisotopic (exact) mass is 345 g/mol. The first-order valence-electron chi connectivity index (χ1n) is 6.83. The number of nitrogens with zero attached hydrogens (tertiary/aromatic N) is 3. The van der Waals surface area contributed by atoms with E-state index < -0.39 is 6.10 Å². The molecule has 1 unspecified atom stereocenters. The molecule has 1 N–H and O–H groups in total. The number of benzene rings is 1. The minimum Gasteiger partial charge on any atom is -0.382 e. The van der Waals surface area contributed by atoms with E-state index in [0.29, 0.717) is 0 Å². The van der Waals surface area contributed by atoms with Crippen molar-refractivity contribution in [2.24, 2.45) is 0 Å². The summed E-state index contributed by atoms with van der Waals surface area (Å²) in [7, 11) is 0. The van der Waals surface area contributed by atoms with Crippen LogP contribution in [0.15, 0.2) is 47.3 Å². The average Bonchev–Trinajstić information content (AvgIpc) is 2.88. The standard InChI is InChI=1S/C16H16BrN3O/c1-10(2)20-15(14(17)9-19-20)16(21)13-8-18-7-11-5-3-4-6-12(11)13/h3-10,16,21H,1-2H3. The van der Waals surface area contributed by atoms with Gasteiger partial charge in [0, 0.05) is 29.4 Å². The maximum Gasteiger partial charge on any atom is 0.124 e. The largest absolute Gasteiger partial charge is 0.382 e. The molecule has 0 saturated heterocycles. The number of rotatable bonds is 3. The highest BCUT2D eigenvalue weighted by Crippen LogP contribution is 2.33. The summed E-state index contributed by atoms with van der Waals surface area (Å²) in [6, 6.07) is 8.10. The molecular formula is C16H16BrN3O. The lowest BCUT2D eigenvalue weighted by Crippen LogP contribution is -2.13. The van der Waals surface area contributed by atoms with Crippen LogP contribution in [0, 0.1) is 0 Å². The average molecular weight is 346 g/mol. The van der Waals surface area contributed by atoms with Crippen LogP contribution in [0.4, 0.5) is 0 Å². The Kier molecular flexibility index (Phi) is 3.78. The second kappa shape index (κ2) is 5.58. The SMILES string of the molecule is CC(C)n1ncc(Br)c1C(O)c1cncc2ccccc12. The summed E-state index contributed by atoms with van der Waals surface area (Å²) in [4.78, 5) is 4.24. The van der Waals surface area contributed by atoms with E-state index in [1.165, 1.54) is 0 Å². The highest BCUT2D eigenvalue weighted by molar-refractivity contribution is 9.10. The Labute approximate surface area is 131 Å². The second-order valence-electron chi connectivity index (χ2n) is 5.27. The predicted octanol–water partition coefficient (Wildman–Crippen LogP) is 3.86. The molecule has 0 aliphatic rings. The zero-order chi connectivity index (χ0) is 15.0.